The molecule has 0 radical (unpaired) electrons. The maximum atomic E-state index is 14.0. The lowest BCUT2D eigenvalue weighted by molar-refractivity contribution is 0.572. The third kappa shape index (κ3) is 3.00. The molecule has 0 atom stereocenters. The van der Waals surface area contributed by atoms with Gasteiger partial charge in [-0.25, -0.2) is 17.2 Å². The van der Waals surface area contributed by atoms with E-state index in [2.05, 4.69) is 15.5 Å². The summed E-state index contributed by atoms with van der Waals surface area (Å²) in [7, 11) is -3.43. The third-order valence-corrected chi connectivity index (χ3v) is 4.64. The van der Waals surface area contributed by atoms with Gasteiger partial charge in [0.15, 0.2) is 21.5 Å². The predicted octanol–water partition coefficient (Wildman–Crippen LogP) is 2.66. The highest BCUT2D eigenvalue weighted by molar-refractivity contribution is 7.90. The Morgan fingerprint density at radius 1 is 1.12 bits per heavy atom. The number of rotatable bonds is 3. The Balaban J connectivity index is 2.15. The molecular weight excluding hydrogens is 362 g/mol. The smallest absolute Gasteiger partial charge is 0.188 e. The maximum absolute atomic E-state index is 14.0. The minimum Gasteiger partial charge on any atom is -0.224 e. The van der Waals surface area contributed by atoms with Crippen molar-refractivity contribution in [3.8, 4) is 17.1 Å². The molecule has 1 aromatic heterocycles. The van der Waals surface area contributed by atoms with Crippen LogP contribution in [0.25, 0.3) is 17.1 Å². The summed E-state index contributed by atoms with van der Waals surface area (Å²) < 4.78 is 51.2. The molecule has 24 heavy (non-hydrogen) atoms. The van der Waals surface area contributed by atoms with Gasteiger partial charge in [-0.3, -0.25) is 0 Å². The summed E-state index contributed by atoms with van der Waals surface area (Å²) in [6.45, 7) is 0. The quantitative estimate of drug-likeness (QED) is 0.708. The molecule has 0 spiro atoms. The Labute approximate surface area is 140 Å². The second-order valence-corrected chi connectivity index (χ2v) is 7.35. The van der Waals surface area contributed by atoms with E-state index < -0.39 is 21.5 Å². The van der Waals surface area contributed by atoms with Crippen molar-refractivity contribution in [1.82, 2.24) is 20.2 Å². The van der Waals surface area contributed by atoms with Gasteiger partial charge in [-0.2, -0.15) is 4.68 Å². The van der Waals surface area contributed by atoms with Gasteiger partial charge in [0.25, 0.3) is 0 Å². The molecule has 10 heteroatoms. The first kappa shape index (κ1) is 16.5. The zero-order chi connectivity index (χ0) is 17.5. The first-order chi connectivity index (χ1) is 11.3. The highest BCUT2D eigenvalue weighted by atomic mass is 35.5. The van der Waals surface area contributed by atoms with Crippen LogP contribution in [0.15, 0.2) is 41.3 Å². The van der Waals surface area contributed by atoms with Crippen LogP contribution in [0.4, 0.5) is 8.78 Å². The van der Waals surface area contributed by atoms with E-state index in [-0.39, 0.29) is 21.4 Å². The standard InChI is InChI=1S/C14H9ClF2N4O2S/c1-24(22,23)9-3-4-10(11(15)7-9)14-18-19-20-21(14)13-5-2-8(16)6-12(13)17/h2-7H,1H3. The number of nitrogens with zero attached hydrogens (tertiary/aromatic N) is 4. The van der Waals surface area contributed by atoms with Crippen LogP contribution in [-0.4, -0.2) is 34.9 Å². The zero-order valence-electron chi connectivity index (χ0n) is 12.1. The maximum Gasteiger partial charge on any atom is 0.188 e. The van der Waals surface area contributed by atoms with Gasteiger partial charge in [-0.1, -0.05) is 11.6 Å². The number of halogens is 3. The van der Waals surface area contributed by atoms with Gasteiger partial charge >= 0.3 is 0 Å². The van der Waals surface area contributed by atoms with Crippen LogP contribution in [0.5, 0.6) is 0 Å². The SMILES string of the molecule is CS(=O)(=O)c1ccc(-c2nnnn2-c2ccc(F)cc2F)c(Cl)c1. The fourth-order valence-electron chi connectivity index (χ4n) is 2.08. The number of aromatic nitrogens is 4. The average molecular weight is 371 g/mol. The number of tetrazole rings is 1. The van der Waals surface area contributed by atoms with Crippen LogP contribution in [0.3, 0.4) is 0 Å². The second-order valence-electron chi connectivity index (χ2n) is 4.92. The molecular formula is C14H9ClF2N4O2S. The van der Waals surface area contributed by atoms with Gasteiger partial charge in [0.2, 0.25) is 0 Å². The van der Waals surface area contributed by atoms with Crippen molar-refractivity contribution in [1.29, 1.82) is 0 Å². The molecule has 0 amide bonds. The molecule has 0 unspecified atom stereocenters. The highest BCUT2D eigenvalue weighted by Crippen LogP contribution is 2.30. The predicted molar refractivity (Wildman–Crippen MR) is 82.6 cm³/mol. The molecule has 0 saturated carbocycles. The molecule has 0 bridgehead atoms. The molecule has 0 aliphatic heterocycles. The minimum atomic E-state index is -3.43. The van der Waals surface area contributed by atoms with E-state index in [0.29, 0.717) is 11.6 Å². The zero-order valence-corrected chi connectivity index (χ0v) is 13.7. The van der Waals surface area contributed by atoms with Crippen molar-refractivity contribution in [3.05, 3.63) is 53.1 Å². The average Bonchev–Trinajstić information content (AvgIpc) is 2.95. The van der Waals surface area contributed by atoms with Crippen LogP contribution < -0.4 is 0 Å². The molecule has 2 aromatic carbocycles. The van der Waals surface area contributed by atoms with Crippen LogP contribution in [0.1, 0.15) is 0 Å². The van der Waals surface area contributed by atoms with E-state index in [1.54, 1.807) is 0 Å². The molecule has 0 N–H and O–H groups in total. The summed E-state index contributed by atoms with van der Waals surface area (Å²) in [5, 5.41) is 11.0. The molecule has 0 aliphatic rings. The first-order valence-electron chi connectivity index (χ1n) is 6.51. The van der Waals surface area contributed by atoms with Crippen molar-refractivity contribution in [2.45, 2.75) is 4.90 Å². The monoisotopic (exact) mass is 370 g/mol. The van der Waals surface area contributed by atoms with Gasteiger partial charge in [0.1, 0.15) is 11.5 Å². The molecule has 1 heterocycles. The summed E-state index contributed by atoms with van der Waals surface area (Å²) in [4.78, 5) is 0.0308. The minimum absolute atomic E-state index is 0.0308. The first-order valence-corrected chi connectivity index (χ1v) is 8.78. The van der Waals surface area contributed by atoms with Gasteiger partial charge in [0, 0.05) is 17.9 Å². The summed E-state index contributed by atoms with van der Waals surface area (Å²) >= 11 is 6.12. The Hall–Kier alpha value is -2.39. The van der Waals surface area contributed by atoms with Crippen LogP contribution in [0, 0.1) is 11.6 Å². The van der Waals surface area contributed by atoms with E-state index in [0.717, 1.165) is 17.0 Å². The fraction of sp³-hybridized carbons (Fsp3) is 0.0714. The van der Waals surface area contributed by atoms with Crippen molar-refractivity contribution < 1.29 is 17.2 Å². The normalized spacial score (nSPS) is 11.7. The number of hydrogen-bond donors (Lipinski definition) is 0. The Bertz CT molecular complexity index is 1040. The van der Waals surface area contributed by atoms with Crippen molar-refractivity contribution >= 4 is 21.4 Å². The summed E-state index contributed by atoms with van der Waals surface area (Å²) in [6.07, 6.45) is 1.05. The van der Waals surface area contributed by atoms with Gasteiger partial charge in [-0.05, 0) is 40.8 Å². The van der Waals surface area contributed by atoms with Gasteiger partial charge in [0.05, 0.1) is 9.92 Å². The summed E-state index contributed by atoms with van der Waals surface area (Å²) in [6, 6.07) is 6.97. The Morgan fingerprint density at radius 2 is 1.88 bits per heavy atom. The molecule has 6 nitrogen and oxygen atoms in total. The highest BCUT2D eigenvalue weighted by Gasteiger charge is 2.18. The number of benzene rings is 2. The van der Waals surface area contributed by atoms with E-state index in [1.165, 1.54) is 24.3 Å². The van der Waals surface area contributed by atoms with E-state index in [9.17, 15) is 17.2 Å². The number of sulfone groups is 1. The van der Waals surface area contributed by atoms with E-state index in [1.807, 2.05) is 0 Å². The molecule has 3 aromatic rings. The van der Waals surface area contributed by atoms with Crippen LogP contribution >= 0.6 is 11.6 Å². The lowest BCUT2D eigenvalue weighted by Crippen LogP contribution is -2.04. The molecule has 3 rings (SSSR count). The third-order valence-electron chi connectivity index (χ3n) is 3.22. The van der Waals surface area contributed by atoms with Crippen molar-refractivity contribution in [2.75, 3.05) is 6.26 Å². The van der Waals surface area contributed by atoms with Crippen LogP contribution in [-0.2, 0) is 9.84 Å². The summed E-state index contributed by atoms with van der Waals surface area (Å²) in [5.41, 5.74) is 0.234. The fourth-order valence-corrected chi connectivity index (χ4v) is 3.06. The lowest BCUT2D eigenvalue weighted by Gasteiger charge is -2.08. The topological polar surface area (TPSA) is 77.7 Å². The molecule has 0 saturated heterocycles. The van der Waals surface area contributed by atoms with Crippen LogP contribution in [0.2, 0.25) is 5.02 Å². The molecule has 0 aliphatic carbocycles. The van der Waals surface area contributed by atoms with E-state index in [4.69, 9.17) is 11.6 Å². The largest absolute Gasteiger partial charge is 0.224 e. The van der Waals surface area contributed by atoms with Gasteiger partial charge < -0.3 is 0 Å². The Morgan fingerprint density at radius 3 is 2.50 bits per heavy atom. The van der Waals surface area contributed by atoms with Gasteiger partial charge in [-0.15, -0.1) is 5.10 Å². The van der Waals surface area contributed by atoms with Crippen molar-refractivity contribution in [3.63, 3.8) is 0 Å². The second kappa shape index (κ2) is 5.91. The number of hydrogen-bond acceptors (Lipinski definition) is 5. The van der Waals surface area contributed by atoms with E-state index >= 15 is 0 Å². The molecule has 124 valence electrons. The van der Waals surface area contributed by atoms with Crippen molar-refractivity contribution in [2.24, 2.45) is 0 Å². The summed E-state index contributed by atoms with van der Waals surface area (Å²) in [5.74, 6) is -1.50. The molecule has 0 fully saturated rings. The Kier molecular flexibility index (Phi) is 4.06. The lowest BCUT2D eigenvalue weighted by atomic mass is 10.2.